The number of thiophene rings is 1. The van der Waals surface area contributed by atoms with E-state index in [2.05, 4.69) is 10.6 Å². The number of carbonyl (C=O) groups excluding carboxylic acids is 3. The van der Waals surface area contributed by atoms with Crippen LogP contribution in [0.2, 0.25) is 0 Å². The molecule has 32 heavy (non-hydrogen) atoms. The fraction of sp³-hybridized carbons (Fsp3) is 0.174. The largest absolute Gasteiger partial charge is 0.495 e. The zero-order valence-electron chi connectivity index (χ0n) is 17.7. The second-order valence-corrected chi connectivity index (χ2v) is 7.59. The van der Waals surface area contributed by atoms with Gasteiger partial charge in [0.25, 0.3) is 11.8 Å². The number of benzene rings is 2. The lowest BCUT2D eigenvalue weighted by atomic mass is 10.1. The van der Waals surface area contributed by atoms with Crippen LogP contribution in [0.15, 0.2) is 48.5 Å². The molecule has 0 radical (unpaired) electrons. The van der Waals surface area contributed by atoms with E-state index < -0.39 is 23.6 Å². The summed E-state index contributed by atoms with van der Waals surface area (Å²) in [6, 6.07) is 12.3. The molecule has 1 heterocycles. The number of rotatable bonds is 7. The highest BCUT2D eigenvalue weighted by atomic mass is 32.1. The average molecular weight is 456 g/mol. The van der Waals surface area contributed by atoms with Crippen LogP contribution in [0.25, 0.3) is 0 Å². The summed E-state index contributed by atoms with van der Waals surface area (Å²) in [4.78, 5) is 38.4. The minimum absolute atomic E-state index is 0.0479. The van der Waals surface area contributed by atoms with E-state index in [1.807, 2.05) is 0 Å². The second kappa shape index (κ2) is 10.1. The summed E-state index contributed by atoms with van der Waals surface area (Å²) in [7, 11) is 1.48. The molecule has 0 saturated carbocycles. The van der Waals surface area contributed by atoms with Gasteiger partial charge >= 0.3 is 5.97 Å². The molecule has 0 saturated heterocycles. The Labute approximate surface area is 188 Å². The molecule has 2 amide bonds. The molecule has 0 fully saturated rings. The molecule has 0 bridgehead atoms. The Morgan fingerprint density at radius 1 is 1.00 bits per heavy atom. The smallest absolute Gasteiger partial charge is 0.341 e. The van der Waals surface area contributed by atoms with Gasteiger partial charge in [-0.2, -0.15) is 0 Å². The van der Waals surface area contributed by atoms with E-state index in [0.29, 0.717) is 17.0 Å². The zero-order chi connectivity index (χ0) is 23.3. The summed E-state index contributed by atoms with van der Waals surface area (Å²) in [5.41, 5.74) is 0.646. The van der Waals surface area contributed by atoms with E-state index in [-0.39, 0.29) is 27.6 Å². The summed E-state index contributed by atoms with van der Waals surface area (Å²) in [6.45, 7) is 3.34. The maximum atomic E-state index is 14.0. The number of nitrogens with one attached hydrogen (secondary N) is 2. The van der Waals surface area contributed by atoms with Crippen molar-refractivity contribution in [2.45, 2.75) is 13.8 Å². The van der Waals surface area contributed by atoms with Gasteiger partial charge in [-0.05, 0) is 43.7 Å². The number of anilines is 2. The van der Waals surface area contributed by atoms with Crippen LogP contribution in [0.4, 0.5) is 15.1 Å². The van der Waals surface area contributed by atoms with Gasteiger partial charge in [-0.1, -0.05) is 24.3 Å². The van der Waals surface area contributed by atoms with E-state index in [1.165, 1.54) is 25.3 Å². The van der Waals surface area contributed by atoms with Crippen LogP contribution in [-0.2, 0) is 4.74 Å². The molecular weight excluding hydrogens is 435 g/mol. The first-order valence-electron chi connectivity index (χ1n) is 9.68. The minimum Gasteiger partial charge on any atom is -0.495 e. The summed E-state index contributed by atoms with van der Waals surface area (Å²) in [6.07, 6.45) is 0. The van der Waals surface area contributed by atoms with Crippen LogP contribution in [0.5, 0.6) is 5.75 Å². The topological polar surface area (TPSA) is 93.7 Å². The standard InChI is InChI=1S/C23H21FN2O5S/c1-4-31-23(29)18-13(2)19(21(28)25-16-11-7-8-12-17(16)30-3)32-22(18)26-20(27)14-9-5-6-10-15(14)24/h5-12H,4H2,1-3H3,(H,25,28)(H,26,27). The van der Waals surface area contributed by atoms with Crippen LogP contribution in [0.3, 0.4) is 0 Å². The highest BCUT2D eigenvalue weighted by Crippen LogP contribution is 2.35. The lowest BCUT2D eigenvalue weighted by molar-refractivity contribution is 0.0527. The molecule has 0 aliphatic heterocycles. The molecular formula is C23H21FN2O5S. The van der Waals surface area contributed by atoms with E-state index in [4.69, 9.17) is 9.47 Å². The van der Waals surface area contributed by atoms with Crippen molar-refractivity contribution in [3.63, 3.8) is 0 Å². The average Bonchev–Trinajstić information content (AvgIpc) is 3.10. The summed E-state index contributed by atoms with van der Waals surface area (Å²) in [5.74, 6) is -2.17. The normalized spacial score (nSPS) is 10.4. The number of esters is 1. The minimum atomic E-state index is -0.744. The van der Waals surface area contributed by atoms with Gasteiger partial charge in [-0.25, -0.2) is 9.18 Å². The molecule has 0 spiro atoms. The maximum absolute atomic E-state index is 14.0. The van der Waals surface area contributed by atoms with Crippen molar-refractivity contribution >= 4 is 39.8 Å². The molecule has 0 aliphatic carbocycles. The Morgan fingerprint density at radius 3 is 2.38 bits per heavy atom. The number of ether oxygens (including phenoxy) is 2. The van der Waals surface area contributed by atoms with Gasteiger partial charge in [-0.15, -0.1) is 11.3 Å². The van der Waals surface area contributed by atoms with Gasteiger partial charge in [0.2, 0.25) is 0 Å². The predicted octanol–water partition coefficient (Wildman–Crippen LogP) is 4.89. The SMILES string of the molecule is CCOC(=O)c1c(NC(=O)c2ccccc2F)sc(C(=O)Nc2ccccc2OC)c1C. The Kier molecular flexibility index (Phi) is 7.21. The van der Waals surface area contributed by atoms with Crippen LogP contribution in [-0.4, -0.2) is 31.5 Å². The van der Waals surface area contributed by atoms with Gasteiger partial charge in [0.05, 0.1) is 35.4 Å². The van der Waals surface area contributed by atoms with E-state index in [0.717, 1.165) is 17.4 Å². The third-order valence-corrected chi connectivity index (χ3v) is 5.74. The van der Waals surface area contributed by atoms with Gasteiger partial charge in [0.15, 0.2) is 0 Å². The first kappa shape index (κ1) is 23.0. The van der Waals surface area contributed by atoms with E-state index in [1.54, 1.807) is 38.1 Å². The third-order valence-electron chi connectivity index (χ3n) is 4.53. The molecule has 0 unspecified atom stereocenters. The van der Waals surface area contributed by atoms with E-state index in [9.17, 15) is 18.8 Å². The number of halogens is 1. The van der Waals surface area contributed by atoms with Crippen molar-refractivity contribution < 1.29 is 28.2 Å². The Bertz CT molecular complexity index is 1170. The fourth-order valence-electron chi connectivity index (χ4n) is 3.01. The highest BCUT2D eigenvalue weighted by molar-refractivity contribution is 7.19. The van der Waals surface area contributed by atoms with Gasteiger partial charge in [0.1, 0.15) is 16.6 Å². The van der Waals surface area contributed by atoms with Crippen molar-refractivity contribution in [1.29, 1.82) is 0 Å². The first-order valence-corrected chi connectivity index (χ1v) is 10.5. The van der Waals surface area contributed by atoms with Crippen LogP contribution in [0, 0.1) is 12.7 Å². The van der Waals surface area contributed by atoms with Crippen molar-refractivity contribution in [1.82, 2.24) is 0 Å². The number of methoxy groups -OCH3 is 1. The highest BCUT2D eigenvalue weighted by Gasteiger charge is 2.27. The number of para-hydroxylation sites is 2. The van der Waals surface area contributed by atoms with Gasteiger partial charge in [0, 0.05) is 0 Å². The Morgan fingerprint density at radius 2 is 1.69 bits per heavy atom. The molecule has 2 N–H and O–H groups in total. The molecule has 9 heteroatoms. The molecule has 2 aromatic carbocycles. The summed E-state index contributed by atoms with van der Waals surface area (Å²) >= 11 is 0.902. The summed E-state index contributed by atoms with van der Waals surface area (Å²) < 4.78 is 24.4. The Balaban J connectivity index is 1.97. The number of hydrogen-bond donors (Lipinski definition) is 2. The number of carbonyl (C=O) groups is 3. The quantitative estimate of drug-likeness (QED) is 0.494. The molecule has 0 aliphatic rings. The van der Waals surface area contributed by atoms with Crippen LogP contribution in [0.1, 0.15) is 42.9 Å². The van der Waals surface area contributed by atoms with E-state index >= 15 is 0 Å². The van der Waals surface area contributed by atoms with Crippen molar-refractivity contribution in [2.75, 3.05) is 24.4 Å². The van der Waals surface area contributed by atoms with Crippen LogP contribution >= 0.6 is 11.3 Å². The predicted molar refractivity (Wildman–Crippen MR) is 120 cm³/mol. The van der Waals surface area contributed by atoms with Crippen molar-refractivity contribution in [2.24, 2.45) is 0 Å². The van der Waals surface area contributed by atoms with Crippen molar-refractivity contribution in [3.8, 4) is 5.75 Å². The third kappa shape index (κ3) is 4.78. The van der Waals surface area contributed by atoms with Crippen molar-refractivity contribution in [3.05, 3.63) is 75.9 Å². The monoisotopic (exact) mass is 456 g/mol. The van der Waals surface area contributed by atoms with Crippen LogP contribution < -0.4 is 15.4 Å². The molecule has 1 aromatic heterocycles. The van der Waals surface area contributed by atoms with Gasteiger partial charge in [-0.3, -0.25) is 9.59 Å². The molecule has 0 atom stereocenters. The van der Waals surface area contributed by atoms with Gasteiger partial charge < -0.3 is 20.1 Å². The number of amides is 2. The summed E-state index contributed by atoms with van der Waals surface area (Å²) in [5, 5.41) is 5.39. The maximum Gasteiger partial charge on any atom is 0.341 e. The lowest BCUT2D eigenvalue weighted by Gasteiger charge is -2.09. The molecule has 7 nitrogen and oxygen atoms in total. The number of hydrogen-bond acceptors (Lipinski definition) is 6. The lowest BCUT2D eigenvalue weighted by Crippen LogP contribution is -2.16. The Hall–Kier alpha value is -3.72. The second-order valence-electron chi connectivity index (χ2n) is 6.57. The molecule has 166 valence electrons. The fourth-order valence-corrected chi connectivity index (χ4v) is 4.10. The first-order chi connectivity index (χ1) is 15.4. The molecule has 3 aromatic rings. The zero-order valence-corrected chi connectivity index (χ0v) is 18.5. The molecule has 3 rings (SSSR count).